The van der Waals surface area contributed by atoms with E-state index in [9.17, 15) is 4.79 Å². The van der Waals surface area contributed by atoms with Crippen molar-refractivity contribution in [1.29, 1.82) is 0 Å². The van der Waals surface area contributed by atoms with Gasteiger partial charge in [0.2, 0.25) is 6.29 Å². The molecule has 0 fully saturated rings. The van der Waals surface area contributed by atoms with Crippen LogP contribution in [-0.2, 0) is 20.7 Å². The molecule has 1 aromatic rings. The summed E-state index contributed by atoms with van der Waals surface area (Å²) >= 11 is 0. The number of rotatable bonds is 5. The average Bonchev–Trinajstić information content (AvgIpc) is 2.21. The first-order valence-electron chi connectivity index (χ1n) is 4.26. The number of hydrogen-bond donors (Lipinski definition) is 0. The molecule has 0 spiro atoms. The van der Waals surface area contributed by atoms with Gasteiger partial charge in [-0.2, -0.15) is 0 Å². The second kappa shape index (κ2) is 5.47. The SMILES string of the molecule is COC(OC)C(=O)Cc1ccccn1. The summed E-state index contributed by atoms with van der Waals surface area (Å²) in [4.78, 5) is 15.5. The van der Waals surface area contributed by atoms with E-state index in [1.165, 1.54) is 14.2 Å². The lowest BCUT2D eigenvalue weighted by Gasteiger charge is -2.11. The van der Waals surface area contributed by atoms with E-state index >= 15 is 0 Å². The summed E-state index contributed by atoms with van der Waals surface area (Å²) in [5, 5.41) is 0. The van der Waals surface area contributed by atoms with Crippen LogP contribution in [0, 0.1) is 0 Å². The third-order valence-electron chi connectivity index (χ3n) is 1.77. The van der Waals surface area contributed by atoms with Crippen LogP contribution in [0.1, 0.15) is 5.69 Å². The number of methoxy groups -OCH3 is 2. The van der Waals surface area contributed by atoms with Gasteiger partial charge in [0.1, 0.15) is 0 Å². The molecule has 0 aliphatic heterocycles. The highest BCUT2D eigenvalue weighted by molar-refractivity contribution is 5.83. The molecular formula is C10H13NO3. The minimum Gasteiger partial charge on any atom is -0.349 e. The molecule has 0 atom stereocenters. The van der Waals surface area contributed by atoms with Crippen LogP contribution in [0.4, 0.5) is 0 Å². The second-order valence-corrected chi connectivity index (χ2v) is 2.77. The number of carbonyl (C=O) groups is 1. The topological polar surface area (TPSA) is 48.4 Å². The number of aromatic nitrogens is 1. The minimum absolute atomic E-state index is 0.131. The summed E-state index contributed by atoms with van der Waals surface area (Å²) in [5.74, 6) is -0.131. The number of carbonyl (C=O) groups excluding carboxylic acids is 1. The van der Waals surface area contributed by atoms with E-state index in [1.807, 2.05) is 6.07 Å². The van der Waals surface area contributed by atoms with E-state index in [1.54, 1.807) is 18.3 Å². The minimum atomic E-state index is -0.794. The predicted molar refractivity (Wildman–Crippen MR) is 50.8 cm³/mol. The molecule has 0 aliphatic rings. The maximum atomic E-state index is 11.5. The lowest BCUT2D eigenvalue weighted by Crippen LogP contribution is -2.26. The largest absolute Gasteiger partial charge is 0.349 e. The van der Waals surface area contributed by atoms with Crippen LogP contribution in [0.5, 0.6) is 0 Å². The summed E-state index contributed by atoms with van der Waals surface area (Å²) in [6, 6.07) is 5.43. The molecule has 4 heteroatoms. The van der Waals surface area contributed by atoms with Gasteiger partial charge in [-0.1, -0.05) is 6.07 Å². The summed E-state index contributed by atoms with van der Waals surface area (Å²) in [6.45, 7) is 0. The summed E-state index contributed by atoms with van der Waals surface area (Å²) in [7, 11) is 2.87. The van der Waals surface area contributed by atoms with Crippen molar-refractivity contribution in [3.8, 4) is 0 Å². The van der Waals surface area contributed by atoms with Crippen LogP contribution in [0.15, 0.2) is 24.4 Å². The molecular weight excluding hydrogens is 182 g/mol. The summed E-state index contributed by atoms with van der Waals surface area (Å²) in [5.41, 5.74) is 0.719. The van der Waals surface area contributed by atoms with Gasteiger partial charge in [0, 0.05) is 26.1 Å². The standard InChI is InChI=1S/C10H13NO3/c1-13-10(14-2)9(12)7-8-5-3-4-6-11-8/h3-6,10H,7H2,1-2H3. The fourth-order valence-corrected chi connectivity index (χ4v) is 1.12. The lowest BCUT2D eigenvalue weighted by molar-refractivity contribution is -0.156. The van der Waals surface area contributed by atoms with Crippen molar-refractivity contribution < 1.29 is 14.3 Å². The molecule has 0 saturated carbocycles. The number of hydrogen-bond acceptors (Lipinski definition) is 4. The van der Waals surface area contributed by atoms with Crippen molar-refractivity contribution in [2.75, 3.05) is 14.2 Å². The average molecular weight is 195 g/mol. The molecule has 1 aromatic heterocycles. The number of ketones is 1. The quantitative estimate of drug-likeness (QED) is 0.652. The Labute approximate surface area is 82.9 Å². The zero-order valence-corrected chi connectivity index (χ0v) is 8.27. The molecule has 4 nitrogen and oxygen atoms in total. The van der Waals surface area contributed by atoms with Gasteiger partial charge in [-0.15, -0.1) is 0 Å². The molecule has 0 unspecified atom stereocenters. The molecule has 0 N–H and O–H groups in total. The molecule has 14 heavy (non-hydrogen) atoms. The van der Waals surface area contributed by atoms with Crippen molar-refractivity contribution >= 4 is 5.78 Å². The Bertz CT molecular complexity index is 283. The van der Waals surface area contributed by atoms with Crippen LogP contribution in [0.25, 0.3) is 0 Å². The Morgan fingerprint density at radius 1 is 1.43 bits per heavy atom. The summed E-state index contributed by atoms with van der Waals surface area (Å²) < 4.78 is 9.67. The Balaban J connectivity index is 2.57. The normalized spacial score (nSPS) is 10.5. The van der Waals surface area contributed by atoms with Crippen LogP contribution >= 0.6 is 0 Å². The monoisotopic (exact) mass is 195 g/mol. The highest BCUT2D eigenvalue weighted by Gasteiger charge is 2.16. The number of Topliss-reactive ketones (excluding diaryl/α,β-unsaturated/α-hetero) is 1. The molecule has 76 valence electrons. The predicted octanol–water partition coefficient (Wildman–Crippen LogP) is 0.812. The fourth-order valence-electron chi connectivity index (χ4n) is 1.12. The van der Waals surface area contributed by atoms with Crippen molar-refractivity contribution in [2.24, 2.45) is 0 Å². The van der Waals surface area contributed by atoms with Crippen LogP contribution in [0.3, 0.4) is 0 Å². The van der Waals surface area contributed by atoms with E-state index in [0.717, 1.165) is 5.69 Å². The maximum absolute atomic E-state index is 11.5. The van der Waals surface area contributed by atoms with E-state index in [4.69, 9.17) is 9.47 Å². The number of nitrogens with zero attached hydrogens (tertiary/aromatic N) is 1. The molecule has 0 saturated heterocycles. The van der Waals surface area contributed by atoms with Gasteiger partial charge in [0.05, 0.1) is 6.42 Å². The third kappa shape index (κ3) is 2.90. The zero-order valence-electron chi connectivity index (χ0n) is 8.27. The van der Waals surface area contributed by atoms with Gasteiger partial charge in [-0.05, 0) is 12.1 Å². The van der Waals surface area contributed by atoms with Crippen molar-refractivity contribution in [1.82, 2.24) is 4.98 Å². The molecule has 0 aromatic carbocycles. The summed E-state index contributed by atoms with van der Waals surface area (Å²) in [6.07, 6.45) is 1.08. The van der Waals surface area contributed by atoms with Gasteiger partial charge < -0.3 is 9.47 Å². The number of ether oxygens (including phenoxy) is 2. The Morgan fingerprint density at radius 2 is 2.14 bits per heavy atom. The first-order valence-corrected chi connectivity index (χ1v) is 4.26. The molecule has 0 aliphatic carbocycles. The van der Waals surface area contributed by atoms with Gasteiger partial charge in [0.25, 0.3) is 0 Å². The second-order valence-electron chi connectivity index (χ2n) is 2.77. The van der Waals surface area contributed by atoms with Crippen LogP contribution in [0.2, 0.25) is 0 Å². The van der Waals surface area contributed by atoms with Gasteiger partial charge >= 0.3 is 0 Å². The van der Waals surface area contributed by atoms with E-state index < -0.39 is 6.29 Å². The van der Waals surface area contributed by atoms with Crippen molar-refractivity contribution in [3.05, 3.63) is 30.1 Å². The first kappa shape index (κ1) is 10.8. The Hall–Kier alpha value is -1.26. The van der Waals surface area contributed by atoms with Crippen LogP contribution in [-0.4, -0.2) is 31.3 Å². The van der Waals surface area contributed by atoms with E-state index in [0.29, 0.717) is 0 Å². The van der Waals surface area contributed by atoms with Gasteiger partial charge in [0.15, 0.2) is 5.78 Å². The molecule has 1 heterocycles. The smallest absolute Gasteiger partial charge is 0.217 e. The van der Waals surface area contributed by atoms with Gasteiger partial charge in [-0.3, -0.25) is 9.78 Å². The van der Waals surface area contributed by atoms with E-state index in [-0.39, 0.29) is 12.2 Å². The molecule has 0 bridgehead atoms. The highest BCUT2D eigenvalue weighted by Crippen LogP contribution is 2.01. The molecule has 0 amide bonds. The highest BCUT2D eigenvalue weighted by atomic mass is 16.7. The van der Waals surface area contributed by atoms with Gasteiger partial charge in [-0.25, -0.2) is 0 Å². The zero-order chi connectivity index (χ0) is 10.4. The first-order chi connectivity index (χ1) is 6.77. The van der Waals surface area contributed by atoms with E-state index in [2.05, 4.69) is 4.98 Å². The van der Waals surface area contributed by atoms with Crippen molar-refractivity contribution in [2.45, 2.75) is 12.7 Å². The number of pyridine rings is 1. The maximum Gasteiger partial charge on any atom is 0.217 e. The Morgan fingerprint density at radius 3 is 2.64 bits per heavy atom. The molecule has 0 radical (unpaired) electrons. The van der Waals surface area contributed by atoms with Crippen LogP contribution < -0.4 is 0 Å². The fraction of sp³-hybridized carbons (Fsp3) is 0.400. The Kier molecular flexibility index (Phi) is 4.22. The molecule has 1 rings (SSSR count). The lowest BCUT2D eigenvalue weighted by atomic mass is 10.2. The van der Waals surface area contributed by atoms with Crippen molar-refractivity contribution in [3.63, 3.8) is 0 Å². The third-order valence-corrected chi connectivity index (χ3v) is 1.77.